The maximum absolute atomic E-state index is 13.5. The van der Waals surface area contributed by atoms with E-state index in [1.807, 2.05) is 49.4 Å². The van der Waals surface area contributed by atoms with Crippen LogP contribution in [0.1, 0.15) is 37.4 Å². The Labute approximate surface area is 179 Å². The number of para-hydroxylation sites is 1. The van der Waals surface area contributed by atoms with Gasteiger partial charge in [0.25, 0.3) is 5.56 Å². The SMILES string of the molecule is COC(=O)c1c(C(=O)c2ccc(C)cc2)c2ccccc2n(Cc2ccccc2)c1=O. The number of ketones is 1. The maximum Gasteiger partial charge on any atom is 0.344 e. The number of pyridine rings is 1. The quantitative estimate of drug-likeness (QED) is 0.361. The van der Waals surface area contributed by atoms with Crippen molar-refractivity contribution in [3.05, 3.63) is 117 Å². The fourth-order valence-electron chi connectivity index (χ4n) is 3.71. The molecule has 0 saturated carbocycles. The van der Waals surface area contributed by atoms with E-state index < -0.39 is 11.5 Å². The summed E-state index contributed by atoms with van der Waals surface area (Å²) in [6, 6.07) is 23.7. The number of methoxy groups -OCH3 is 1. The minimum atomic E-state index is -0.826. The third kappa shape index (κ3) is 3.78. The highest BCUT2D eigenvalue weighted by molar-refractivity contribution is 6.20. The van der Waals surface area contributed by atoms with E-state index in [-0.39, 0.29) is 23.5 Å². The third-order valence-corrected chi connectivity index (χ3v) is 5.29. The Morgan fingerprint density at radius 3 is 2.16 bits per heavy atom. The maximum atomic E-state index is 13.5. The van der Waals surface area contributed by atoms with Gasteiger partial charge in [-0.05, 0) is 18.6 Å². The summed E-state index contributed by atoms with van der Waals surface area (Å²) in [5.41, 5.74) is 2.17. The topological polar surface area (TPSA) is 65.4 Å². The molecule has 154 valence electrons. The monoisotopic (exact) mass is 411 g/mol. The molecule has 4 aromatic rings. The number of aromatic nitrogens is 1. The van der Waals surface area contributed by atoms with Crippen molar-refractivity contribution in [2.75, 3.05) is 7.11 Å². The molecule has 0 spiro atoms. The molecule has 5 heteroatoms. The molecule has 0 aliphatic rings. The molecular formula is C26H21NO4. The van der Waals surface area contributed by atoms with Crippen molar-refractivity contribution in [2.24, 2.45) is 0 Å². The van der Waals surface area contributed by atoms with Crippen LogP contribution in [0, 0.1) is 6.92 Å². The van der Waals surface area contributed by atoms with E-state index in [0.717, 1.165) is 11.1 Å². The van der Waals surface area contributed by atoms with Crippen LogP contribution in [0.25, 0.3) is 10.9 Å². The number of hydrogen-bond donors (Lipinski definition) is 0. The lowest BCUT2D eigenvalue weighted by Crippen LogP contribution is -2.31. The predicted molar refractivity (Wildman–Crippen MR) is 120 cm³/mol. The van der Waals surface area contributed by atoms with Gasteiger partial charge >= 0.3 is 5.97 Å². The molecule has 0 amide bonds. The number of benzene rings is 3. The van der Waals surface area contributed by atoms with E-state index >= 15 is 0 Å². The predicted octanol–water partition coefficient (Wildman–Crippen LogP) is 4.38. The standard InChI is InChI=1S/C26H21NO4/c1-17-12-14-19(15-13-17)24(28)22-20-10-6-7-11-21(20)27(16-18-8-4-3-5-9-18)25(29)23(22)26(30)31-2/h3-15H,16H2,1-2H3. The number of rotatable bonds is 5. The fraction of sp³-hybridized carbons (Fsp3) is 0.115. The molecule has 0 aliphatic carbocycles. The molecule has 0 N–H and O–H groups in total. The van der Waals surface area contributed by atoms with E-state index in [2.05, 4.69) is 0 Å². The highest BCUT2D eigenvalue weighted by Crippen LogP contribution is 2.25. The summed E-state index contributed by atoms with van der Waals surface area (Å²) in [5, 5.41) is 0.531. The van der Waals surface area contributed by atoms with Crippen molar-refractivity contribution in [3.8, 4) is 0 Å². The zero-order chi connectivity index (χ0) is 22.0. The zero-order valence-corrected chi connectivity index (χ0v) is 17.3. The Morgan fingerprint density at radius 2 is 1.48 bits per heavy atom. The number of fused-ring (bicyclic) bond motifs is 1. The molecular weight excluding hydrogens is 390 g/mol. The van der Waals surface area contributed by atoms with Gasteiger partial charge in [0.1, 0.15) is 5.56 Å². The van der Waals surface area contributed by atoms with E-state index in [4.69, 9.17) is 4.74 Å². The van der Waals surface area contributed by atoms with Crippen molar-refractivity contribution in [3.63, 3.8) is 0 Å². The first-order chi connectivity index (χ1) is 15.0. The van der Waals surface area contributed by atoms with Crippen LogP contribution in [0.15, 0.2) is 83.7 Å². The number of aryl methyl sites for hydroxylation is 1. The van der Waals surface area contributed by atoms with Gasteiger partial charge in [0, 0.05) is 10.9 Å². The van der Waals surface area contributed by atoms with Gasteiger partial charge in [-0.2, -0.15) is 0 Å². The molecule has 4 rings (SSSR count). The molecule has 3 aromatic carbocycles. The Kier molecular flexibility index (Phi) is 5.50. The fourth-order valence-corrected chi connectivity index (χ4v) is 3.71. The molecule has 1 aromatic heterocycles. The molecule has 5 nitrogen and oxygen atoms in total. The largest absolute Gasteiger partial charge is 0.465 e. The normalized spacial score (nSPS) is 10.8. The Bertz CT molecular complexity index is 1340. The average molecular weight is 411 g/mol. The highest BCUT2D eigenvalue weighted by atomic mass is 16.5. The molecule has 0 aliphatic heterocycles. The molecule has 0 atom stereocenters. The average Bonchev–Trinajstić information content (AvgIpc) is 2.80. The smallest absolute Gasteiger partial charge is 0.344 e. The first-order valence-electron chi connectivity index (χ1n) is 9.90. The van der Waals surface area contributed by atoms with Crippen LogP contribution in [0.4, 0.5) is 0 Å². The first kappa shape index (κ1) is 20.3. The Balaban J connectivity index is 2.03. The molecule has 0 radical (unpaired) electrons. The second-order valence-corrected chi connectivity index (χ2v) is 7.33. The number of carbonyl (C=O) groups is 2. The summed E-state index contributed by atoms with van der Waals surface area (Å²) >= 11 is 0. The summed E-state index contributed by atoms with van der Waals surface area (Å²) in [6.45, 7) is 2.19. The lowest BCUT2D eigenvalue weighted by Gasteiger charge is -2.17. The lowest BCUT2D eigenvalue weighted by atomic mass is 9.94. The minimum Gasteiger partial charge on any atom is -0.465 e. The van der Waals surface area contributed by atoms with Crippen molar-refractivity contribution in [2.45, 2.75) is 13.5 Å². The van der Waals surface area contributed by atoms with E-state index in [0.29, 0.717) is 16.5 Å². The van der Waals surface area contributed by atoms with Gasteiger partial charge in [0.05, 0.1) is 24.7 Å². The zero-order valence-electron chi connectivity index (χ0n) is 17.3. The van der Waals surface area contributed by atoms with Crippen LogP contribution in [-0.2, 0) is 11.3 Å². The van der Waals surface area contributed by atoms with E-state index in [1.165, 1.54) is 11.7 Å². The van der Waals surface area contributed by atoms with Gasteiger partial charge in [-0.25, -0.2) is 4.79 Å². The minimum absolute atomic E-state index is 0.0700. The molecule has 0 unspecified atom stereocenters. The van der Waals surface area contributed by atoms with Crippen LogP contribution in [0.5, 0.6) is 0 Å². The van der Waals surface area contributed by atoms with Crippen LogP contribution < -0.4 is 5.56 Å². The Morgan fingerprint density at radius 1 is 0.839 bits per heavy atom. The van der Waals surface area contributed by atoms with Crippen molar-refractivity contribution >= 4 is 22.7 Å². The lowest BCUT2D eigenvalue weighted by molar-refractivity contribution is 0.0595. The molecule has 0 saturated heterocycles. The van der Waals surface area contributed by atoms with E-state index in [9.17, 15) is 14.4 Å². The molecule has 0 fully saturated rings. The first-order valence-corrected chi connectivity index (χ1v) is 9.90. The number of ether oxygens (including phenoxy) is 1. The number of carbonyl (C=O) groups excluding carboxylic acids is 2. The van der Waals surface area contributed by atoms with Crippen molar-refractivity contribution in [1.29, 1.82) is 0 Å². The third-order valence-electron chi connectivity index (χ3n) is 5.29. The number of nitrogens with zero attached hydrogens (tertiary/aromatic N) is 1. The summed E-state index contributed by atoms with van der Waals surface area (Å²) in [7, 11) is 1.21. The van der Waals surface area contributed by atoms with Crippen LogP contribution >= 0.6 is 0 Å². The van der Waals surface area contributed by atoms with E-state index in [1.54, 1.807) is 36.4 Å². The van der Waals surface area contributed by atoms with Crippen molar-refractivity contribution in [1.82, 2.24) is 4.57 Å². The van der Waals surface area contributed by atoms with Gasteiger partial charge in [-0.3, -0.25) is 9.59 Å². The van der Waals surface area contributed by atoms with Gasteiger partial charge in [-0.1, -0.05) is 78.4 Å². The van der Waals surface area contributed by atoms with Gasteiger partial charge in [0.15, 0.2) is 5.78 Å². The van der Waals surface area contributed by atoms with Crippen molar-refractivity contribution < 1.29 is 14.3 Å². The second-order valence-electron chi connectivity index (χ2n) is 7.33. The highest BCUT2D eigenvalue weighted by Gasteiger charge is 2.27. The van der Waals surface area contributed by atoms with Gasteiger partial charge < -0.3 is 9.30 Å². The molecule has 31 heavy (non-hydrogen) atoms. The summed E-state index contributed by atoms with van der Waals surface area (Å²) < 4.78 is 6.43. The molecule has 1 heterocycles. The second kappa shape index (κ2) is 8.40. The van der Waals surface area contributed by atoms with Crippen LogP contribution in [0.3, 0.4) is 0 Å². The summed E-state index contributed by atoms with van der Waals surface area (Å²) in [5.74, 6) is -1.21. The molecule has 0 bridgehead atoms. The summed E-state index contributed by atoms with van der Waals surface area (Å²) in [4.78, 5) is 39.7. The van der Waals surface area contributed by atoms with Gasteiger partial charge in [-0.15, -0.1) is 0 Å². The van der Waals surface area contributed by atoms with Gasteiger partial charge in [0.2, 0.25) is 0 Å². The number of hydrogen-bond acceptors (Lipinski definition) is 4. The Hall–Kier alpha value is -3.99. The number of esters is 1. The van der Waals surface area contributed by atoms with Crippen LogP contribution in [0.2, 0.25) is 0 Å². The van der Waals surface area contributed by atoms with Crippen LogP contribution in [-0.4, -0.2) is 23.4 Å². The summed E-state index contributed by atoms with van der Waals surface area (Å²) in [6.07, 6.45) is 0.